The number of aromatic nitrogens is 4. The topological polar surface area (TPSA) is 90.7 Å². The number of nitrogens with two attached hydrogens (primary N) is 1. The van der Waals surface area contributed by atoms with E-state index in [0.717, 1.165) is 36.3 Å². The molecule has 6 nitrogen and oxygen atoms in total. The zero-order valence-corrected chi connectivity index (χ0v) is 13.3. The molecule has 1 saturated carbocycles. The van der Waals surface area contributed by atoms with E-state index < -0.39 is 5.54 Å². The second-order valence-electron chi connectivity index (χ2n) is 5.80. The van der Waals surface area contributed by atoms with Crippen LogP contribution >= 0.6 is 12.4 Å². The van der Waals surface area contributed by atoms with Gasteiger partial charge in [0.1, 0.15) is 5.82 Å². The molecule has 7 heteroatoms. The molecule has 2 N–H and O–H groups in total. The van der Waals surface area contributed by atoms with Crippen molar-refractivity contribution in [3.8, 4) is 11.5 Å². The van der Waals surface area contributed by atoms with Crippen LogP contribution in [0.25, 0.3) is 11.5 Å². The van der Waals surface area contributed by atoms with Crippen LogP contribution in [-0.2, 0) is 5.54 Å². The number of aryl methyl sites for hydroxylation is 1. The summed E-state index contributed by atoms with van der Waals surface area (Å²) in [6, 6.07) is 0. The lowest BCUT2D eigenvalue weighted by molar-refractivity contribution is 0.229. The molecule has 0 radical (unpaired) electrons. The highest BCUT2D eigenvalue weighted by molar-refractivity contribution is 5.85. The fourth-order valence-corrected chi connectivity index (χ4v) is 2.41. The average Bonchev–Trinajstić information content (AvgIpc) is 2.85. The summed E-state index contributed by atoms with van der Waals surface area (Å²) in [6.07, 6.45) is 4.69. The standard InChI is InChI=1S/C14H19N5O.ClH/c1-8(2)11-10(7-16-9(3)17-11)12-18-13(19-20-12)14(15)5-4-6-14;/h7-8H,4-6,15H2,1-3H3;1H. The fraction of sp³-hybridized carbons (Fsp3) is 0.571. The molecule has 1 fully saturated rings. The molecule has 1 aliphatic rings. The van der Waals surface area contributed by atoms with Gasteiger partial charge in [0.15, 0.2) is 5.82 Å². The van der Waals surface area contributed by atoms with E-state index in [-0.39, 0.29) is 18.3 Å². The van der Waals surface area contributed by atoms with Crippen molar-refractivity contribution in [3.63, 3.8) is 0 Å². The minimum absolute atomic E-state index is 0. The molecule has 3 rings (SSSR count). The van der Waals surface area contributed by atoms with Crippen LogP contribution in [0, 0.1) is 6.92 Å². The maximum atomic E-state index is 6.22. The Morgan fingerprint density at radius 2 is 2.00 bits per heavy atom. The Hall–Kier alpha value is -1.53. The van der Waals surface area contributed by atoms with Gasteiger partial charge in [0.25, 0.3) is 5.89 Å². The zero-order valence-electron chi connectivity index (χ0n) is 12.5. The van der Waals surface area contributed by atoms with Crippen molar-refractivity contribution < 1.29 is 4.52 Å². The third kappa shape index (κ3) is 2.78. The number of nitrogens with zero attached hydrogens (tertiary/aromatic N) is 4. The van der Waals surface area contributed by atoms with Gasteiger partial charge in [-0.3, -0.25) is 0 Å². The molecule has 21 heavy (non-hydrogen) atoms. The lowest BCUT2D eigenvalue weighted by atomic mass is 9.77. The van der Waals surface area contributed by atoms with Crippen LogP contribution < -0.4 is 5.73 Å². The van der Waals surface area contributed by atoms with Gasteiger partial charge in [-0.15, -0.1) is 12.4 Å². The van der Waals surface area contributed by atoms with Crippen LogP contribution in [0.15, 0.2) is 10.7 Å². The largest absolute Gasteiger partial charge is 0.334 e. The lowest BCUT2D eigenvalue weighted by Gasteiger charge is -2.34. The molecule has 2 heterocycles. The molecule has 0 bridgehead atoms. The first-order chi connectivity index (χ1) is 9.49. The highest BCUT2D eigenvalue weighted by atomic mass is 35.5. The van der Waals surface area contributed by atoms with E-state index in [1.54, 1.807) is 6.20 Å². The quantitative estimate of drug-likeness (QED) is 0.937. The Morgan fingerprint density at radius 3 is 2.57 bits per heavy atom. The molecule has 0 spiro atoms. The van der Waals surface area contributed by atoms with Gasteiger partial charge in [-0.2, -0.15) is 4.98 Å². The van der Waals surface area contributed by atoms with E-state index in [9.17, 15) is 0 Å². The summed E-state index contributed by atoms with van der Waals surface area (Å²) in [7, 11) is 0. The van der Waals surface area contributed by atoms with Gasteiger partial charge in [0.2, 0.25) is 0 Å². The molecule has 114 valence electrons. The van der Waals surface area contributed by atoms with Gasteiger partial charge >= 0.3 is 0 Å². The van der Waals surface area contributed by atoms with Crippen molar-refractivity contribution in [2.75, 3.05) is 0 Å². The van der Waals surface area contributed by atoms with Gasteiger partial charge in [0.05, 0.1) is 16.8 Å². The molecule has 0 aliphatic heterocycles. The first-order valence-electron chi connectivity index (χ1n) is 6.96. The van der Waals surface area contributed by atoms with Gasteiger partial charge in [0, 0.05) is 6.20 Å². The highest BCUT2D eigenvalue weighted by Gasteiger charge is 2.39. The first kappa shape index (κ1) is 15.9. The lowest BCUT2D eigenvalue weighted by Crippen LogP contribution is -2.44. The van der Waals surface area contributed by atoms with Crippen molar-refractivity contribution in [1.29, 1.82) is 0 Å². The molecule has 0 amide bonds. The molecule has 0 atom stereocenters. The third-order valence-electron chi connectivity index (χ3n) is 3.83. The molecule has 1 aliphatic carbocycles. The average molecular weight is 310 g/mol. The normalized spacial score (nSPS) is 16.4. The number of hydrogen-bond donors (Lipinski definition) is 1. The Morgan fingerprint density at radius 1 is 1.29 bits per heavy atom. The van der Waals surface area contributed by atoms with E-state index in [2.05, 4.69) is 34.0 Å². The van der Waals surface area contributed by atoms with Crippen LogP contribution in [0.3, 0.4) is 0 Å². The Labute approximate surface area is 130 Å². The zero-order chi connectivity index (χ0) is 14.3. The Kier molecular flexibility index (Phi) is 4.30. The van der Waals surface area contributed by atoms with Gasteiger partial charge in [-0.1, -0.05) is 19.0 Å². The molecule has 0 saturated heterocycles. The van der Waals surface area contributed by atoms with Crippen LogP contribution in [0.2, 0.25) is 0 Å². The third-order valence-corrected chi connectivity index (χ3v) is 3.83. The smallest absolute Gasteiger partial charge is 0.261 e. The fourth-order valence-electron chi connectivity index (χ4n) is 2.41. The van der Waals surface area contributed by atoms with Crippen molar-refractivity contribution in [2.24, 2.45) is 5.73 Å². The van der Waals surface area contributed by atoms with E-state index in [1.807, 2.05) is 6.92 Å². The van der Waals surface area contributed by atoms with Crippen molar-refractivity contribution >= 4 is 12.4 Å². The molecule has 0 unspecified atom stereocenters. The predicted molar refractivity (Wildman–Crippen MR) is 81.1 cm³/mol. The van der Waals surface area contributed by atoms with Gasteiger partial charge < -0.3 is 10.3 Å². The first-order valence-corrected chi connectivity index (χ1v) is 6.96. The molecular formula is C14H20ClN5O. The summed E-state index contributed by atoms with van der Waals surface area (Å²) in [6.45, 7) is 6.04. The van der Waals surface area contributed by atoms with E-state index in [0.29, 0.717) is 11.7 Å². The van der Waals surface area contributed by atoms with Gasteiger partial charge in [-0.05, 0) is 32.1 Å². The van der Waals surface area contributed by atoms with Crippen LogP contribution in [0.5, 0.6) is 0 Å². The Bertz CT molecular complexity index is 636. The predicted octanol–water partition coefficient (Wildman–Crippen LogP) is 2.72. The summed E-state index contributed by atoms with van der Waals surface area (Å²) >= 11 is 0. The summed E-state index contributed by atoms with van der Waals surface area (Å²) in [5.41, 5.74) is 7.53. The van der Waals surface area contributed by atoms with E-state index in [1.165, 1.54) is 0 Å². The maximum absolute atomic E-state index is 6.22. The number of hydrogen-bond acceptors (Lipinski definition) is 6. The van der Waals surface area contributed by atoms with Crippen LogP contribution in [0.4, 0.5) is 0 Å². The monoisotopic (exact) mass is 309 g/mol. The summed E-state index contributed by atoms with van der Waals surface area (Å²) in [5.74, 6) is 2.05. The van der Waals surface area contributed by atoms with Crippen molar-refractivity contribution in [2.45, 2.75) is 51.5 Å². The minimum Gasteiger partial charge on any atom is -0.334 e. The summed E-state index contributed by atoms with van der Waals surface area (Å²) in [4.78, 5) is 13.2. The van der Waals surface area contributed by atoms with Gasteiger partial charge in [-0.25, -0.2) is 9.97 Å². The van der Waals surface area contributed by atoms with Crippen LogP contribution in [0.1, 0.15) is 56.4 Å². The SMILES string of the molecule is Cc1ncc(-c2nc(C3(N)CCC3)no2)c(C(C)C)n1.Cl. The highest BCUT2D eigenvalue weighted by Crippen LogP contribution is 2.38. The molecule has 2 aromatic rings. The minimum atomic E-state index is -0.411. The van der Waals surface area contributed by atoms with Crippen LogP contribution in [-0.4, -0.2) is 20.1 Å². The molecule has 0 aromatic carbocycles. The van der Waals surface area contributed by atoms with E-state index in [4.69, 9.17) is 10.3 Å². The van der Waals surface area contributed by atoms with E-state index >= 15 is 0 Å². The second-order valence-corrected chi connectivity index (χ2v) is 5.80. The second kappa shape index (κ2) is 5.69. The summed E-state index contributed by atoms with van der Waals surface area (Å²) in [5, 5.41) is 4.04. The number of rotatable bonds is 3. The van der Waals surface area contributed by atoms with Crippen molar-refractivity contribution in [3.05, 3.63) is 23.5 Å². The molecular weight excluding hydrogens is 290 g/mol. The van der Waals surface area contributed by atoms with Crippen molar-refractivity contribution in [1.82, 2.24) is 20.1 Å². The molecule has 2 aromatic heterocycles. The summed E-state index contributed by atoms with van der Waals surface area (Å²) < 4.78 is 5.38. The number of halogens is 1. The maximum Gasteiger partial charge on any atom is 0.261 e. The Balaban J connectivity index is 0.00000161.